The van der Waals surface area contributed by atoms with Crippen molar-refractivity contribution in [3.63, 3.8) is 0 Å². The SMILES string of the molecule is Cc1ccc(-c2cn3c(Cl)cccc3n2)o1. The van der Waals surface area contributed by atoms with Crippen LogP contribution in [0.3, 0.4) is 0 Å². The van der Waals surface area contributed by atoms with E-state index in [4.69, 9.17) is 16.0 Å². The molecule has 0 spiro atoms. The first kappa shape index (κ1) is 9.48. The highest BCUT2D eigenvalue weighted by Crippen LogP contribution is 2.23. The van der Waals surface area contributed by atoms with Crippen LogP contribution in [-0.2, 0) is 0 Å². The number of rotatable bonds is 1. The number of pyridine rings is 1. The predicted octanol–water partition coefficient (Wildman–Crippen LogP) is 3.56. The van der Waals surface area contributed by atoms with Crippen LogP contribution in [0.15, 0.2) is 40.9 Å². The molecule has 0 fully saturated rings. The maximum atomic E-state index is 6.06. The Labute approximate surface area is 97.3 Å². The van der Waals surface area contributed by atoms with Crippen LogP contribution >= 0.6 is 11.6 Å². The molecule has 3 aromatic rings. The van der Waals surface area contributed by atoms with Crippen molar-refractivity contribution in [2.75, 3.05) is 0 Å². The van der Waals surface area contributed by atoms with Gasteiger partial charge in [0, 0.05) is 6.20 Å². The highest BCUT2D eigenvalue weighted by molar-refractivity contribution is 6.29. The Kier molecular flexibility index (Phi) is 2.01. The molecule has 0 aliphatic carbocycles. The Morgan fingerprint density at radius 3 is 2.81 bits per heavy atom. The van der Waals surface area contributed by atoms with E-state index >= 15 is 0 Å². The topological polar surface area (TPSA) is 30.4 Å². The summed E-state index contributed by atoms with van der Waals surface area (Å²) >= 11 is 6.06. The highest BCUT2D eigenvalue weighted by Gasteiger charge is 2.08. The summed E-state index contributed by atoms with van der Waals surface area (Å²) < 4.78 is 7.35. The first-order chi connectivity index (χ1) is 7.74. The lowest BCUT2D eigenvalue weighted by atomic mass is 10.3. The zero-order valence-electron chi connectivity index (χ0n) is 8.64. The van der Waals surface area contributed by atoms with Gasteiger partial charge < -0.3 is 4.42 Å². The molecule has 0 saturated carbocycles. The van der Waals surface area contributed by atoms with Gasteiger partial charge in [-0.1, -0.05) is 17.7 Å². The van der Waals surface area contributed by atoms with Crippen molar-refractivity contribution in [3.8, 4) is 11.5 Å². The van der Waals surface area contributed by atoms with E-state index in [1.54, 1.807) is 0 Å². The molecule has 0 amide bonds. The van der Waals surface area contributed by atoms with E-state index in [0.717, 1.165) is 22.9 Å². The number of hydrogen-bond acceptors (Lipinski definition) is 2. The third-order valence-corrected chi connectivity index (χ3v) is 2.74. The molecule has 0 saturated heterocycles. The number of fused-ring (bicyclic) bond motifs is 1. The number of hydrogen-bond donors (Lipinski definition) is 0. The molecular weight excluding hydrogens is 224 g/mol. The predicted molar refractivity (Wildman–Crippen MR) is 62.6 cm³/mol. The number of imidazole rings is 1. The Hall–Kier alpha value is -1.74. The lowest BCUT2D eigenvalue weighted by Gasteiger charge is -1.93. The van der Waals surface area contributed by atoms with E-state index in [2.05, 4.69) is 4.98 Å². The second kappa shape index (κ2) is 3.39. The summed E-state index contributed by atoms with van der Waals surface area (Å²) in [5, 5.41) is 0.638. The van der Waals surface area contributed by atoms with Gasteiger partial charge in [-0.2, -0.15) is 0 Å². The molecule has 0 N–H and O–H groups in total. The van der Waals surface area contributed by atoms with Crippen LogP contribution in [0.2, 0.25) is 5.15 Å². The summed E-state index contributed by atoms with van der Waals surface area (Å²) in [6, 6.07) is 9.44. The molecule has 3 nitrogen and oxygen atoms in total. The Bertz CT molecular complexity index is 654. The van der Waals surface area contributed by atoms with E-state index < -0.39 is 0 Å². The van der Waals surface area contributed by atoms with Gasteiger partial charge >= 0.3 is 0 Å². The van der Waals surface area contributed by atoms with Gasteiger partial charge in [-0.05, 0) is 31.2 Å². The average Bonchev–Trinajstić information content (AvgIpc) is 2.84. The van der Waals surface area contributed by atoms with E-state index in [0.29, 0.717) is 5.15 Å². The molecule has 0 radical (unpaired) electrons. The maximum absolute atomic E-state index is 6.06. The fourth-order valence-electron chi connectivity index (χ4n) is 1.67. The van der Waals surface area contributed by atoms with Gasteiger partial charge in [-0.25, -0.2) is 4.98 Å². The Morgan fingerprint density at radius 2 is 2.12 bits per heavy atom. The second-order valence-corrected chi connectivity index (χ2v) is 4.00. The van der Waals surface area contributed by atoms with Crippen molar-refractivity contribution < 1.29 is 4.42 Å². The zero-order chi connectivity index (χ0) is 11.1. The lowest BCUT2D eigenvalue weighted by Crippen LogP contribution is -1.82. The largest absolute Gasteiger partial charge is 0.460 e. The minimum atomic E-state index is 0.638. The quantitative estimate of drug-likeness (QED) is 0.601. The van der Waals surface area contributed by atoms with E-state index in [1.165, 1.54) is 0 Å². The fraction of sp³-hybridized carbons (Fsp3) is 0.0833. The van der Waals surface area contributed by atoms with Gasteiger partial charge in [0.05, 0.1) is 0 Å². The number of aromatic nitrogens is 2. The summed E-state index contributed by atoms with van der Waals surface area (Å²) in [6.07, 6.45) is 1.87. The molecular formula is C12H9ClN2O. The van der Waals surface area contributed by atoms with Crippen LogP contribution in [0, 0.1) is 6.92 Å². The van der Waals surface area contributed by atoms with Gasteiger partial charge in [0.1, 0.15) is 22.3 Å². The van der Waals surface area contributed by atoms with Crippen molar-refractivity contribution in [1.29, 1.82) is 0 Å². The number of halogens is 1. The fourth-order valence-corrected chi connectivity index (χ4v) is 1.88. The third-order valence-electron chi connectivity index (χ3n) is 2.44. The van der Waals surface area contributed by atoms with Crippen molar-refractivity contribution in [3.05, 3.63) is 47.4 Å². The molecule has 3 aromatic heterocycles. The Morgan fingerprint density at radius 1 is 1.25 bits per heavy atom. The van der Waals surface area contributed by atoms with Crippen LogP contribution in [0.5, 0.6) is 0 Å². The highest BCUT2D eigenvalue weighted by atomic mass is 35.5. The first-order valence-electron chi connectivity index (χ1n) is 4.94. The monoisotopic (exact) mass is 232 g/mol. The first-order valence-corrected chi connectivity index (χ1v) is 5.32. The van der Waals surface area contributed by atoms with Crippen molar-refractivity contribution in [2.24, 2.45) is 0 Å². The zero-order valence-corrected chi connectivity index (χ0v) is 9.40. The van der Waals surface area contributed by atoms with Gasteiger partial charge in [0.2, 0.25) is 0 Å². The molecule has 0 aliphatic heterocycles. The summed E-state index contributed by atoms with van der Waals surface area (Å²) in [5.41, 5.74) is 1.61. The molecule has 0 aliphatic rings. The smallest absolute Gasteiger partial charge is 0.154 e. The molecule has 80 valence electrons. The number of furan rings is 1. The number of nitrogens with zero attached hydrogens (tertiary/aromatic N) is 2. The summed E-state index contributed by atoms with van der Waals surface area (Å²) in [4.78, 5) is 4.44. The van der Waals surface area contributed by atoms with Gasteiger partial charge in [-0.3, -0.25) is 4.40 Å². The molecule has 3 heterocycles. The molecule has 4 heteroatoms. The van der Waals surface area contributed by atoms with Gasteiger partial charge in [0.25, 0.3) is 0 Å². The normalized spacial score (nSPS) is 11.1. The molecule has 3 rings (SSSR count). The summed E-state index contributed by atoms with van der Waals surface area (Å²) in [7, 11) is 0. The van der Waals surface area contributed by atoms with Crippen LogP contribution in [0.1, 0.15) is 5.76 Å². The van der Waals surface area contributed by atoms with Crippen LogP contribution in [0.25, 0.3) is 17.1 Å². The van der Waals surface area contributed by atoms with E-state index in [1.807, 2.05) is 47.9 Å². The van der Waals surface area contributed by atoms with Gasteiger partial charge in [0.15, 0.2) is 5.76 Å². The van der Waals surface area contributed by atoms with E-state index in [9.17, 15) is 0 Å². The van der Waals surface area contributed by atoms with Crippen molar-refractivity contribution in [2.45, 2.75) is 6.92 Å². The average molecular weight is 233 g/mol. The number of aryl methyl sites for hydroxylation is 1. The molecule has 0 aromatic carbocycles. The maximum Gasteiger partial charge on any atom is 0.154 e. The van der Waals surface area contributed by atoms with E-state index in [-0.39, 0.29) is 0 Å². The lowest BCUT2D eigenvalue weighted by molar-refractivity contribution is 0.547. The van der Waals surface area contributed by atoms with Crippen LogP contribution in [0.4, 0.5) is 0 Å². The van der Waals surface area contributed by atoms with Crippen LogP contribution in [-0.4, -0.2) is 9.38 Å². The van der Waals surface area contributed by atoms with Gasteiger partial charge in [-0.15, -0.1) is 0 Å². The second-order valence-electron chi connectivity index (χ2n) is 3.61. The summed E-state index contributed by atoms with van der Waals surface area (Å²) in [6.45, 7) is 1.91. The molecule has 16 heavy (non-hydrogen) atoms. The molecule has 0 atom stereocenters. The third kappa shape index (κ3) is 1.41. The molecule has 0 bridgehead atoms. The van der Waals surface area contributed by atoms with Crippen molar-refractivity contribution >= 4 is 17.2 Å². The summed E-state index contributed by atoms with van der Waals surface area (Å²) in [5.74, 6) is 1.63. The minimum absolute atomic E-state index is 0.638. The van der Waals surface area contributed by atoms with Crippen molar-refractivity contribution in [1.82, 2.24) is 9.38 Å². The minimum Gasteiger partial charge on any atom is -0.460 e. The Balaban J connectivity index is 2.22. The van der Waals surface area contributed by atoms with Crippen LogP contribution < -0.4 is 0 Å². The standard InChI is InChI=1S/C12H9ClN2O/c1-8-5-6-10(16-8)9-7-15-11(13)3-2-4-12(15)14-9/h2-7H,1H3. The molecule has 0 unspecified atom stereocenters.